The van der Waals surface area contributed by atoms with Gasteiger partial charge < -0.3 is 4.90 Å². The minimum atomic E-state index is 0.0660. The van der Waals surface area contributed by atoms with Crippen LogP contribution < -0.4 is 0 Å². The standard InChI is InChI=1S/C15H16BrNOS/c1-10-4-11(2)6-12(5-10)15(18)17(3)8-14-7-13(16)9-19-14/h4-7,9H,8H2,1-3H3. The first kappa shape index (κ1) is 14.3. The summed E-state index contributed by atoms with van der Waals surface area (Å²) in [5, 5.41) is 2.03. The highest BCUT2D eigenvalue weighted by Crippen LogP contribution is 2.21. The van der Waals surface area contributed by atoms with Gasteiger partial charge in [0, 0.05) is 27.3 Å². The van der Waals surface area contributed by atoms with E-state index in [0.29, 0.717) is 6.54 Å². The van der Waals surface area contributed by atoms with Gasteiger partial charge >= 0.3 is 0 Å². The number of halogens is 1. The lowest BCUT2D eigenvalue weighted by atomic mass is 10.1. The fourth-order valence-corrected chi connectivity index (χ4v) is 3.56. The average molecular weight is 338 g/mol. The first-order valence-electron chi connectivity index (χ1n) is 6.02. The molecule has 0 radical (unpaired) electrons. The van der Waals surface area contributed by atoms with Gasteiger partial charge in [0.05, 0.1) is 6.54 Å². The first-order chi connectivity index (χ1) is 8.95. The zero-order valence-corrected chi connectivity index (χ0v) is 13.6. The molecule has 0 aliphatic rings. The van der Waals surface area contributed by atoms with Gasteiger partial charge in [0.15, 0.2) is 0 Å². The maximum Gasteiger partial charge on any atom is 0.253 e. The van der Waals surface area contributed by atoms with Gasteiger partial charge in [-0.1, -0.05) is 17.2 Å². The van der Waals surface area contributed by atoms with E-state index in [1.54, 1.807) is 16.2 Å². The highest BCUT2D eigenvalue weighted by molar-refractivity contribution is 9.10. The Balaban J connectivity index is 2.14. The Bertz CT molecular complexity index is 586. The van der Waals surface area contributed by atoms with Crippen molar-refractivity contribution in [2.45, 2.75) is 20.4 Å². The van der Waals surface area contributed by atoms with E-state index in [2.05, 4.69) is 28.1 Å². The lowest BCUT2D eigenvalue weighted by Gasteiger charge is -2.17. The zero-order valence-electron chi connectivity index (χ0n) is 11.2. The number of benzene rings is 1. The fourth-order valence-electron chi connectivity index (χ4n) is 2.06. The molecule has 1 amide bonds. The van der Waals surface area contributed by atoms with E-state index in [-0.39, 0.29) is 5.91 Å². The van der Waals surface area contributed by atoms with Gasteiger partial charge in [0.1, 0.15) is 0 Å². The van der Waals surface area contributed by atoms with Gasteiger partial charge in [0.25, 0.3) is 5.91 Å². The Morgan fingerprint density at radius 1 is 1.21 bits per heavy atom. The predicted molar refractivity (Wildman–Crippen MR) is 83.7 cm³/mol. The van der Waals surface area contributed by atoms with Crippen molar-refractivity contribution in [3.8, 4) is 0 Å². The number of thiophene rings is 1. The Hall–Kier alpha value is -1.13. The number of rotatable bonds is 3. The highest BCUT2D eigenvalue weighted by atomic mass is 79.9. The van der Waals surface area contributed by atoms with Gasteiger partial charge in [-0.3, -0.25) is 4.79 Å². The number of hydrogen-bond donors (Lipinski definition) is 0. The van der Waals surface area contributed by atoms with E-state index in [4.69, 9.17) is 0 Å². The van der Waals surface area contributed by atoms with Gasteiger partial charge in [-0.15, -0.1) is 11.3 Å². The van der Waals surface area contributed by atoms with Crippen LogP contribution >= 0.6 is 27.3 Å². The first-order valence-corrected chi connectivity index (χ1v) is 7.69. The number of carbonyl (C=O) groups excluding carboxylic acids is 1. The van der Waals surface area contributed by atoms with Crippen molar-refractivity contribution in [2.75, 3.05) is 7.05 Å². The third kappa shape index (κ3) is 3.67. The van der Waals surface area contributed by atoms with E-state index in [1.807, 2.05) is 38.4 Å². The van der Waals surface area contributed by atoms with E-state index in [1.165, 1.54) is 4.88 Å². The number of amides is 1. The Kier molecular flexibility index (Phi) is 4.42. The molecule has 0 unspecified atom stereocenters. The molecule has 1 heterocycles. The molecule has 0 aliphatic carbocycles. The molecular formula is C15H16BrNOS. The van der Waals surface area contributed by atoms with Crippen molar-refractivity contribution in [1.29, 1.82) is 0 Å². The highest BCUT2D eigenvalue weighted by Gasteiger charge is 2.13. The number of aryl methyl sites for hydroxylation is 2. The molecule has 0 bridgehead atoms. The topological polar surface area (TPSA) is 20.3 Å². The summed E-state index contributed by atoms with van der Waals surface area (Å²) in [5.74, 6) is 0.0660. The van der Waals surface area contributed by atoms with Crippen LogP contribution in [-0.4, -0.2) is 17.9 Å². The van der Waals surface area contributed by atoms with Crippen molar-refractivity contribution in [2.24, 2.45) is 0 Å². The number of carbonyl (C=O) groups is 1. The molecule has 1 aromatic heterocycles. The molecule has 0 aliphatic heterocycles. The SMILES string of the molecule is Cc1cc(C)cc(C(=O)N(C)Cc2cc(Br)cs2)c1. The van der Waals surface area contributed by atoms with E-state index in [0.717, 1.165) is 21.2 Å². The van der Waals surface area contributed by atoms with E-state index >= 15 is 0 Å². The van der Waals surface area contributed by atoms with Crippen LogP contribution in [0.2, 0.25) is 0 Å². The quantitative estimate of drug-likeness (QED) is 0.812. The summed E-state index contributed by atoms with van der Waals surface area (Å²) in [6.45, 7) is 4.67. The van der Waals surface area contributed by atoms with Gasteiger partial charge in [-0.25, -0.2) is 0 Å². The Morgan fingerprint density at radius 3 is 2.37 bits per heavy atom. The summed E-state index contributed by atoms with van der Waals surface area (Å²) in [5.41, 5.74) is 3.00. The number of hydrogen-bond acceptors (Lipinski definition) is 2. The maximum absolute atomic E-state index is 12.4. The van der Waals surface area contributed by atoms with Crippen LogP contribution in [0, 0.1) is 13.8 Å². The largest absolute Gasteiger partial charge is 0.337 e. The summed E-state index contributed by atoms with van der Waals surface area (Å²) in [6.07, 6.45) is 0. The van der Waals surface area contributed by atoms with Crippen LogP contribution in [-0.2, 0) is 6.54 Å². The van der Waals surface area contributed by atoms with Crippen molar-refractivity contribution in [3.05, 3.63) is 55.7 Å². The molecule has 2 nitrogen and oxygen atoms in total. The lowest BCUT2D eigenvalue weighted by Crippen LogP contribution is -2.25. The van der Waals surface area contributed by atoms with Crippen LogP contribution in [0.5, 0.6) is 0 Å². The minimum Gasteiger partial charge on any atom is -0.337 e. The minimum absolute atomic E-state index is 0.0660. The van der Waals surface area contributed by atoms with Crippen molar-refractivity contribution in [3.63, 3.8) is 0 Å². The second-order valence-electron chi connectivity index (χ2n) is 4.77. The molecule has 0 atom stereocenters. The van der Waals surface area contributed by atoms with Gasteiger partial charge in [0.2, 0.25) is 0 Å². The second kappa shape index (κ2) is 5.88. The van der Waals surface area contributed by atoms with Crippen LogP contribution in [0.15, 0.2) is 34.1 Å². The van der Waals surface area contributed by atoms with E-state index < -0.39 is 0 Å². The summed E-state index contributed by atoms with van der Waals surface area (Å²) < 4.78 is 1.07. The molecule has 0 saturated carbocycles. The summed E-state index contributed by atoms with van der Waals surface area (Å²) in [4.78, 5) is 15.3. The predicted octanol–water partition coefficient (Wildman–Crippen LogP) is 4.40. The molecule has 0 saturated heterocycles. The van der Waals surface area contributed by atoms with Crippen LogP contribution in [0.25, 0.3) is 0 Å². The van der Waals surface area contributed by atoms with Crippen LogP contribution in [0.4, 0.5) is 0 Å². The third-order valence-electron chi connectivity index (χ3n) is 2.83. The van der Waals surface area contributed by atoms with Crippen LogP contribution in [0.1, 0.15) is 26.4 Å². The molecule has 100 valence electrons. The lowest BCUT2D eigenvalue weighted by molar-refractivity contribution is 0.0786. The summed E-state index contributed by atoms with van der Waals surface area (Å²) in [6, 6.07) is 8.01. The molecule has 0 fully saturated rings. The van der Waals surface area contributed by atoms with Crippen LogP contribution in [0.3, 0.4) is 0 Å². The van der Waals surface area contributed by atoms with Crippen molar-refractivity contribution < 1.29 is 4.79 Å². The molecule has 19 heavy (non-hydrogen) atoms. The fraction of sp³-hybridized carbons (Fsp3) is 0.267. The van der Waals surface area contributed by atoms with Crippen molar-refractivity contribution >= 4 is 33.2 Å². The Morgan fingerprint density at radius 2 is 1.84 bits per heavy atom. The molecule has 2 rings (SSSR count). The smallest absolute Gasteiger partial charge is 0.253 e. The summed E-state index contributed by atoms with van der Waals surface area (Å²) >= 11 is 5.09. The molecule has 2 aromatic rings. The molecule has 0 spiro atoms. The maximum atomic E-state index is 12.4. The molecule has 0 N–H and O–H groups in total. The van der Waals surface area contributed by atoms with Gasteiger partial charge in [-0.2, -0.15) is 0 Å². The van der Waals surface area contributed by atoms with Crippen molar-refractivity contribution in [1.82, 2.24) is 4.90 Å². The monoisotopic (exact) mass is 337 g/mol. The molecule has 4 heteroatoms. The molecule has 1 aromatic carbocycles. The van der Waals surface area contributed by atoms with E-state index in [9.17, 15) is 4.79 Å². The average Bonchev–Trinajstić information content (AvgIpc) is 2.72. The zero-order chi connectivity index (χ0) is 14.0. The summed E-state index contributed by atoms with van der Waals surface area (Å²) in [7, 11) is 1.84. The molecular weight excluding hydrogens is 322 g/mol. The normalized spacial score (nSPS) is 10.5. The Labute approximate surface area is 126 Å². The second-order valence-corrected chi connectivity index (χ2v) is 6.68. The third-order valence-corrected chi connectivity index (χ3v) is 4.51. The van der Waals surface area contributed by atoms with Gasteiger partial charge in [-0.05, 0) is 48.0 Å². The number of nitrogens with zero attached hydrogens (tertiary/aromatic N) is 1.